The number of benzene rings is 1. The maximum Gasteiger partial charge on any atom is 0.0496 e. The quantitative estimate of drug-likeness (QED) is 0.626. The van der Waals surface area contributed by atoms with Crippen molar-refractivity contribution in [3.63, 3.8) is 0 Å². The first-order valence-corrected chi connectivity index (χ1v) is 6.98. The number of aryl methyl sites for hydroxylation is 2. The zero-order chi connectivity index (χ0) is 11.5. The van der Waals surface area contributed by atoms with Gasteiger partial charge in [-0.05, 0) is 43.3 Å². The summed E-state index contributed by atoms with van der Waals surface area (Å²) in [6.45, 7) is 4.29. The van der Waals surface area contributed by atoms with Crippen molar-refractivity contribution in [1.82, 2.24) is 5.43 Å². The first-order valence-electron chi connectivity index (χ1n) is 5.83. The molecule has 2 atom stereocenters. The van der Waals surface area contributed by atoms with Crippen LogP contribution in [0.3, 0.4) is 0 Å². The monoisotopic (exact) mass is 236 g/mol. The first kappa shape index (κ1) is 12.0. The van der Waals surface area contributed by atoms with Gasteiger partial charge in [-0.2, -0.15) is 11.8 Å². The number of thioether (sulfide) groups is 1. The van der Waals surface area contributed by atoms with Gasteiger partial charge in [0.05, 0.1) is 0 Å². The SMILES string of the molecule is Cc1cc(C)cc(C(NN)C2CCSC2)c1. The Labute approximate surface area is 102 Å². The predicted octanol–water partition coefficient (Wildman–Crippen LogP) is 2.56. The van der Waals surface area contributed by atoms with Crippen LogP contribution >= 0.6 is 11.8 Å². The molecule has 1 fully saturated rings. The zero-order valence-corrected chi connectivity index (χ0v) is 10.8. The van der Waals surface area contributed by atoms with E-state index >= 15 is 0 Å². The van der Waals surface area contributed by atoms with Gasteiger partial charge in [0.15, 0.2) is 0 Å². The van der Waals surface area contributed by atoms with Gasteiger partial charge in [0.1, 0.15) is 0 Å². The topological polar surface area (TPSA) is 38.0 Å². The minimum Gasteiger partial charge on any atom is -0.271 e. The second-order valence-corrected chi connectivity index (χ2v) is 5.84. The summed E-state index contributed by atoms with van der Waals surface area (Å²) in [5.41, 5.74) is 6.98. The molecule has 3 N–H and O–H groups in total. The molecule has 2 rings (SSSR count). The van der Waals surface area contributed by atoms with E-state index in [1.165, 1.54) is 34.6 Å². The molecule has 0 amide bonds. The van der Waals surface area contributed by atoms with Crippen LogP contribution in [0.25, 0.3) is 0 Å². The molecule has 88 valence electrons. The van der Waals surface area contributed by atoms with Crippen LogP contribution in [0.15, 0.2) is 18.2 Å². The van der Waals surface area contributed by atoms with Crippen LogP contribution in [0.1, 0.15) is 29.2 Å². The Balaban J connectivity index is 2.24. The van der Waals surface area contributed by atoms with Gasteiger partial charge in [0, 0.05) is 6.04 Å². The molecule has 0 bridgehead atoms. The van der Waals surface area contributed by atoms with E-state index < -0.39 is 0 Å². The van der Waals surface area contributed by atoms with Gasteiger partial charge < -0.3 is 0 Å². The van der Waals surface area contributed by atoms with Crippen molar-refractivity contribution >= 4 is 11.8 Å². The highest BCUT2D eigenvalue weighted by Crippen LogP contribution is 2.34. The van der Waals surface area contributed by atoms with Crippen LogP contribution < -0.4 is 11.3 Å². The summed E-state index contributed by atoms with van der Waals surface area (Å²) < 4.78 is 0. The van der Waals surface area contributed by atoms with Gasteiger partial charge in [-0.25, -0.2) is 0 Å². The lowest BCUT2D eigenvalue weighted by molar-refractivity contribution is 0.400. The second-order valence-electron chi connectivity index (χ2n) is 4.69. The minimum atomic E-state index is 0.314. The summed E-state index contributed by atoms with van der Waals surface area (Å²) in [5.74, 6) is 8.90. The lowest BCUT2D eigenvalue weighted by Gasteiger charge is -2.23. The molecule has 16 heavy (non-hydrogen) atoms. The molecular weight excluding hydrogens is 216 g/mol. The average Bonchev–Trinajstić information content (AvgIpc) is 2.70. The van der Waals surface area contributed by atoms with Crippen molar-refractivity contribution in [3.05, 3.63) is 34.9 Å². The van der Waals surface area contributed by atoms with Crippen molar-refractivity contribution < 1.29 is 0 Å². The first-order chi connectivity index (χ1) is 7.70. The lowest BCUT2D eigenvalue weighted by atomic mass is 9.91. The molecule has 1 aliphatic rings. The zero-order valence-electron chi connectivity index (χ0n) is 9.99. The Bertz CT molecular complexity index is 339. The van der Waals surface area contributed by atoms with E-state index in [0.717, 1.165) is 0 Å². The fraction of sp³-hybridized carbons (Fsp3) is 0.538. The van der Waals surface area contributed by atoms with Crippen molar-refractivity contribution in [1.29, 1.82) is 0 Å². The number of hydrogen-bond acceptors (Lipinski definition) is 3. The summed E-state index contributed by atoms with van der Waals surface area (Å²) in [6, 6.07) is 7.02. The maximum atomic E-state index is 5.73. The van der Waals surface area contributed by atoms with E-state index in [1.807, 2.05) is 11.8 Å². The summed E-state index contributed by atoms with van der Waals surface area (Å²) in [7, 11) is 0. The van der Waals surface area contributed by atoms with E-state index in [9.17, 15) is 0 Å². The number of nitrogens with two attached hydrogens (primary N) is 1. The molecule has 0 aromatic heterocycles. The van der Waals surface area contributed by atoms with Crippen LogP contribution in [0, 0.1) is 19.8 Å². The second kappa shape index (κ2) is 5.21. The van der Waals surface area contributed by atoms with Crippen LogP contribution in [0.4, 0.5) is 0 Å². The molecule has 1 aliphatic heterocycles. The third kappa shape index (κ3) is 2.59. The number of hydrogen-bond donors (Lipinski definition) is 2. The Hall–Kier alpha value is -0.510. The molecule has 0 radical (unpaired) electrons. The van der Waals surface area contributed by atoms with Crippen molar-refractivity contribution in [3.8, 4) is 0 Å². The molecule has 1 aromatic carbocycles. The van der Waals surface area contributed by atoms with Crippen LogP contribution in [-0.4, -0.2) is 11.5 Å². The van der Waals surface area contributed by atoms with Gasteiger partial charge in [-0.15, -0.1) is 0 Å². The van der Waals surface area contributed by atoms with E-state index in [0.29, 0.717) is 12.0 Å². The normalized spacial score (nSPS) is 22.3. The Morgan fingerprint density at radius 2 is 2.00 bits per heavy atom. The third-order valence-corrected chi connectivity index (χ3v) is 4.41. The molecule has 2 unspecified atom stereocenters. The molecule has 1 aromatic rings. The molecule has 0 aliphatic carbocycles. The smallest absolute Gasteiger partial charge is 0.0496 e. The molecule has 0 saturated carbocycles. The summed E-state index contributed by atoms with van der Waals surface area (Å²) in [4.78, 5) is 0. The minimum absolute atomic E-state index is 0.314. The van der Waals surface area contributed by atoms with Crippen LogP contribution in [-0.2, 0) is 0 Å². The molecule has 0 spiro atoms. The lowest BCUT2D eigenvalue weighted by Crippen LogP contribution is -2.33. The van der Waals surface area contributed by atoms with Gasteiger partial charge in [-0.3, -0.25) is 11.3 Å². The highest BCUT2D eigenvalue weighted by atomic mass is 32.2. The van der Waals surface area contributed by atoms with E-state index in [4.69, 9.17) is 5.84 Å². The highest BCUT2D eigenvalue weighted by Gasteiger charge is 2.25. The Morgan fingerprint density at radius 3 is 2.50 bits per heavy atom. The molecule has 1 saturated heterocycles. The van der Waals surface area contributed by atoms with Crippen molar-refractivity contribution in [2.24, 2.45) is 11.8 Å². The average molecular weight is 236 g/mol. The van der Waals surface area contributed by atoms with Crippen molar-refractivity contribution in [2.45, 2.75) is 26.3 Å². The van der Waals surface area contributed by atoms with Gasteiger partial charge in [-0.1, -0.05) is 29.3 Å². The Morgan fingerprint density at radius 1 is 1.31 bits per heavy atom. The maximum absolute atomic E-state index is 5.73. The fourth-order valence-electron chi connectivity index (χ4n) is 2.51. The van der Waals surface area contributed by atoms with Crippen LogP contribution in [0.2, 0.25) is 0 Å². The van der Waals surface area contributed by atoms with Crippen molar-refractivity contribution in [2.75, 3.05) is 11.5 Å². The molecule has 1 heterocycles. The largest absolute Gasteiger partial charge is 0.271 e. The summed E-state index contributed by atoms with van der Waals surface area (Å²) >= 11 is 2.03. The summed E-state index contributed by atoms with van der Waals surface area (Å²) in [5, 5.41) is 0. The molecular formula is C13H20N2S. The molecule has 3 heteroatoms. The van der Waals surface area contributed by atoms with E-state index in [-0.39, 0.29) is 0 Å². The highest BCUT2D eigenvalue weighted by molar-refractivity contribution is 7.99. The van der Waals surface area contributed by atoms with Gasteiger partial charge >= 0.3 is 0 Å². The fourth-order valence-corrected chi connectivity index (χ4v) is 3.81. The molecule has 2 nitrogen and oxygen atoms in total. The third-order valence-electron chi connectivity index (χ3n) is 3.22. The number of rotatable bonds is 3. The standard InChI is InChI=1S/C13H20N2S/c1-9-5-10(2)7-12(6-9)13(15-14)11-3-4-16-8-11/h5-7,11,13,15H,3-4,8,14H2,1-2H3. The van der Waals surface area contributed by atoms with E-state index in [1.54, 1.807) is 0 Å². The van der Waals surface area contributed by atoms with Gasteiger partial charge in [0.2, 0.25) is 0 Å². The van der Waals surface area contributed by atoms with E-state index in [2.05, 4.69) is 37.5 Å². The predicted molar refractivity (Wildman–Crippen MR) is 71.4 cm³/mol. The Kier molecular flexibility index (Phi) is 3.90. The van der Waals surface area contributed by atoms with Gasteiger partial charge in [0.25, 0.3) is 0 Å². The number of hydrazine groups is 1. The number of nitrogens with one attached hydrogen (secondary N) is 1. The summed E-state index contributed by atoms with van der Waals surface area (Å²) in [6.07, 6.45) is 1.27. The van der Waals surface area contributed by atoms with Crippen LogP contribution in [0.5, 0.6) is 0 Å².